The van der Waals surface area contributed by atoms with E-state index in [1.165, 1.54) is 11.8 Å². The molecule has 0 aliphatic rings. The van der Waals surface area contributed by atoms with Crippen LogP contribution >= 0.6 is 11.8 Å². The smallest absolute Gasteiger partial charge is 0.319 e. The molecule has 4 nitrogen and oxygen atoms in total. The predicted molar refractivity (Wildman–Crippen MR) is 97.7 cm³/mol. The molecule has 0 saturated carbocycles. The highest BCUT2D eigenvalue weighted by molar-refractivity contribution is 8.00. The van der Waals surface area contributed by atoms with Gasteiger partial charge in [-0.2, -0.15) is 0 Å². The summed E-state index contributed by atoms with van der Waals surface area (Å²) in [5.41, 5.74) is 8.15. The molecule has 2 aromatic carbocycles. The van der Waals surface area contributed by atoms with E-state index >= 15 is 0 Å². The number of aromatic nitrogens is 1. The van der Waals surface area contributed by atoms with E-state index in [0.717, 1.165) is 21.4 Å². The predicted octanol–water partition coefficient (Wildman–Crippen LogP) is 4.04. The number of nitrogens with zero attached hydrogens (tertiary/aromatic N) is 1. The molecular formula is C19H18N2O2S. The van der Waals surface area contributed by atoms with Crippen molar-refractivity contribution in [2.75, 3.05) is 5.73 Å². The van der Waals surface area contributed by atoms with Crippen LogP contribution in [0, 0.1) is 0 Å². The van der Waals surface area contributed by atoms with Crippen LogP contribution in [0.15, 0.2) is 65.7 Å². The first kappa shape index (κ1) is 16.3. The number of hydrogen-bond donors (Lipinski definition) is 1. The maximum absolute atomic E-state index is 12.2. The van der Waals surface area contributed by atoms with Gasteiger partial charge >= 0.3 is 5.97 Å². The number of benzene rings is 2. The average Bonchev–Trinajstić information content (AvgIpc) is 2.61. The lowest BCUT2D eigenvalue weighted by molar-refractivity contribution is -0.143. The van der Waals surface area contributed by atoms with Gasteiger partial charge in [0.15, 0.2) is 0 Å². The summed E-state index contributed by atoms with van der Waals surface area (Å²) in [6.07, 6.45) is 1.74. The highest BCUT2D eigenvalue weighted by Crippen LogP contribution is 2.25. The zero-order valence-electron chi connectivity index (χ0n) is 13.3. The molecule has 0 radical (unpaired) electrons. The Hall–Kier alpha value is -2.53. The first-order chi connectivity index (χ1) is 11.6. The molecule has 1 heterocycles. The number of fused-ring (bicyclic) bond motifs is 1. The summed E-state index contributed by atoms with van der Waals surface area (Å²) in [5.74, 6) is -0.246. The van der Waals surface area contributed by atoms with Crippen LogP contribution in [0.3, 0.4) is 0 Å². The number of hydrogen-bond acceptors (Lipinski definition) is 5. The minimum Gasteiger partial charge on any atom is -0.460 e. The third-order valence-corrected chi connectivity index (χ3v) is 4.70. The molecule has 0 aliphatic carbocycles. The Labute approximate surface area is 145 Å². The Kier molecular flexibility index (Phi) is 5.01. The Morgan fingerprint density at radius 1 is 1.17 bits per heavy atom. The standard InChI is InChI=1S/C19H18N2O2S/c1-13(24-17-9-7-16(20)8-10-17)19(22)23-12-15-5-2-4-14-6-3-11-21-18(14)15/h2-11,13H,12,20H2,1H3. The molecule has 1 aromatic heterocycles. The molecule has 0 spiro atoms. The molecule has 0 saturated heterocycles. The molecule has 3 rings (SSSR count). The average molecular weight is 338 g/mol. The second kappa shape index (κ2) is 7.36. The van der Waals surface area contributed by atoms with E-state index in [0.29, 0.717) is 5.69 Å². The van der Waals surface area contributed by atoms with Crippen molar-refractivity contribution in [3.63, 3.8) is 0 Å². The van der Waals surface area contributed by atoms with Gasteiger partial charge in [0.05, 0.1) is 5.52 Å². The summed E-state index contributed by atoms with van der Waals surface area (Å²) in [5, 5.41) is 0.743. The Morgan fingerprint density at radius 2 is 1.92 bits per heavy atom. The summed E-state index contributed by atoms with van der Waals surface area (Å²) in [6, 6.07) is 17.2. The Morgan fingerprint density at radius 3 is 2.71 bits per heavy atom. The van der Waals surface area contributed by atoms with Gasteiger partial charge in [-0.15, -0.1) is 11.8 Å². The number of nitrogens with two attached hydrogens (primary N) is 1. The van der Waals surface area contributed by atoms with Gasteiger partial charge in [0.2, 0.25) is 0 Å². The van der Waals surface area contributed by atoms with Crippen LogP contribution in [-0.4, -0.2) is 16.2 Å². The monoisotopic (exact) mass is 338 g/mol. The molecule has 0 bridgehead atoms. The summed E-state index contributed by atoms with van der Waals surface area (Å²) >= 11 is 1.45. The van der Waals surface area contributed by atoms with Crippen LogP contribution in [0.25, 0.3) is 10.9 Å². The maximum Gasteiger partial charge on any atom is 0.319 e. The van der Waals surface area contributed by atoms with Gasteiger partial charge in [-0.1, -0.05) is 24.3 Å². The molecule has 0 amide bonds. The van der Waals surface area contributed by atoms with E-state index < -0.39 is 0 Å². The Bertz CT molecular complexity index is 844. The second-order valence-electron chi connectivity index (χ2n) is 5.43. The minimum absolute atomic E-state index is 0.222. The Balaban J connectivity index is 1.63. The van der Waals surface area contributed by atoms with Crippen molar-refractivity contribution >= 4 is 34.3 Å². The third-order valence-electron chi connectivity index (χ3n) is 3.61. The minimum atomic E-state index is -0.295. The van der Waals surface area contributed by atoms with Crippen molar-refractivity contribution < 1.29 is 9.53 Å². The molecule has 1 atom stereocenters. The number of ether oxygens (including phenoxy) is 1. The SMILES string of the molecule is CC(Sc1ccc(N)cc1)C(=O)OCc1cccc2cccnc12. The van der Waals surface area contributed by atoms with E-state index in [2.05, 4.69) is 4.98 Å². The number of thioether (sulfide) groups is 1. The number of carbonyl (C=O) groups excluding carboxylic acids is 1. The summed E-state index contributed by atoms with van der Waals surface area (Å²) in [6.45, 7) is 2.06. The van der Waals surface area contributed by atoms with Gasteiger partial charge in [-0.05, 0) is 37.3 Å². The van der Waals surface area contributed by atoms with Gasteiger partial charge in [0.1, 0.15) is 11.9 Å². The zero-order valence-corrected chi connectivity index (χ0v) is 14.1. The lowest BCUT2D eigenvalue weighted by Gasteiger charge is -2.12. The molecule has 3 aromatic rings. The molecule has 24 heavy (non-hydrogen) atoms. The van der Waals surface area contributed by atoms with Gasteiger partial charge in [-0.3, -0.25) is 9.78 Å². The fraction of sp³-hybridized carbons (Fsp3) is 0.158. The number of rotatable bonds is 5. The third kappa shape index (κ3) is 3.86. The fourth-order valence-corrected chi connectivity index (χ4v) is 3.21. The highest BCUT2D eigenvalue weighted by Gasteiger charge is 2.16. The number of anilines is 1. The van der Waals surface area contributed by atoms with Gasteiger partial charge in [-0.25, -0.2) is 0 Å². The number of nitrogen functional groups attached to an aromatic ring is 1. The van der Waals surface area contributed by atoms with Crippen LogP contribution < -0.4 is 5.73 Å². The molecule has 5 heteroatoms. The van der Waals surface area contributed by atoms with Crippen LogP contribution in [0.2, 0.25) is 0 Å². The topological polar surface area (TPSA) is 65.2 Å². The maximum atomic E-state index is 12.2. The molecule has 2 N–H and O–H groups in total. The lowest BCUT2D eigenvalue weighted by Crippen LogP contribution is -2.16. The number of para-hydroxylation sites is 1. The summed E-state index contributed by atoms with van der Waals surface area (Å²) in [7, 11) is 0. The van der Waals surface area contributed by atoms with E-state index in [-0.39, 0.29) is 17.8 Å². The molecular weight excluding hydrogens is 320 g/mol. The largest absolute Gasteiger partial charge is 0.460 e. The van der Waals surface area contributed by atoms with Crippen molar-refractivity contribution in [2.45, 2.75) is 23.7 Å². The normalized spacial score (nSPS) is 12.0. The van der Waals surface area contributed by atoms with E-state index in [1.54, 1.807) is 6.20 Å². The van der Waals surface area contributed by atoms with E-state index in [1.807, 2.05) is 61.5 Å². The van der Waals surface area contributed by atoms with Crippen molar-refractivity contribution in [1.82, 2.24) is 4.98 Å². The molecule has 0 aliphatic heterocycles. The quantitative estimate of drug-likeness (QED) is 0.432. The second-order valence-corrected chi connectivity index (χ2v) is 6.84. The van der Waals surface area contributed by atoms with Crippen molar-refractivity contribution in [3.8, 4) is 0 Å². The number of pyridine rings is 1. The number of esters is 1. The first-order valence-corrected chi connectivity index (χ1v) is 8.53. The van der Waals surface area contributed by atoms with Crippen LogP contribution in [0.4, 0.5) is 5.69 Å². The summed E-state index contributed by atoms with van der Waals surface area (Å²) < 4.78 is 5.47. The van der Waals surface area contributed by atoms with Crippen LogP contribution in [0.5, 0.6) is 0 Å². The molecule has 1 unspecified atom stereocenters. The molecule has 0 fully saturated rings. The van der Waals surface area contributed by atoms with Crippen LogP contribution in [0.1, 0.15) is 12.5 Å². The van der Waals surface area contributed by atoms with Crippen molar-refractivity contribution in [3.05, 3.63) is 66.4 Å². The summed E-state index contributed by atoms with van der Waals surface area (Å²) in [4.78, 5) is 17.6. The van der Waals surface area contributed by atoms with Gasteiger partial charge in [0, 0.05) is 27.7 Å². The van der Waals surface area contributed by atoms with Crippen molar-refractivity contribution in [1.29, 1.82) is 0 Å². The molecule has 122 valence electrons. The lowest BCUT2D eigenvalue weighted by atomic mass is 10.1. The van der Waals surface area contributed by atoms with E-state index in [9.17, 15) is 4.79 Å². The zero-order chi connectivity index (χ0) is 16.9. The van der Waals surface area contributed by atoms with Gasteiger partial charge < -0.3 is 10.5 Å². The van der Waals surface area contributed by atoms with Gasteiger partial charge in [0.25, 0.3) is 0 Å². The van der Waals surface area contributed by atoms with Crippen LogP contribution in [-0.2, 0) is 16.1 Å². The first-order valence-electron chi connectivity index (χ1n) is 7.65. The highest BCUT2D eigenvalue weighted by atomic mass is 32.2. The fourth-order valence-electron chi connectivity index (χ4n) is 2.35. The van der Waals surface area contributed by atoms with E-state index in [4.69, 9.17) is 10.5 Å². The van der Waals surface area contributed by atoms with Crippen molar-refractivity contribution in [2.24, 2.45) is 0 Å². The number of carbonyl (C=O) groups is 1.